The lowest BCUT2D eigenvalue weighted by Crippen LogP contribution is -2.41. The molecule has 1 saturated carbocycles. The molecular weight excluding hydrogens is 378 g/mol. The molecule has 5 nitrogen and oxygen atoms in total. The van der Waals surface area contributed by atoms with Gasteiger partial charge in [-0.3, -0.25) is 9.69 Å². The molecule has 0 spiro atoms. The number of carbonyl (C=O) groups excluding carboxylic acids is 1. The lowest BCUT2D eigenvalue weighted by Gasteiger charge is -2.37. The Balaban J connectivity index is 1.45. The smallest absolute Gasteiger partial charge is 0.231 e. The van der Waals surface area contributed by atoms with Crippen LogP contribution in [0, 0.1) is 0 Å². The van der Waals surface area contributed by atoms with Gasteiger partial charge < -0.3 is 14.2 Å². The van der Waals surface area contributed by atoms with E-state index >= 15 is 0 Å². The van der Waals surface area contributed by atoms with Gasteiger partial charge in [0.2, 0.25) is 5.78 Å². The minimum absolute atomic E-state index is 0.0890. The standard InChI is InChI=1S/C25H27NO4/c1-2-28-21-11-7-6-8-17(21)14-23-24(27)19-12-13-22-20(25(19)30-23)15-26(16-29-22)18-9-4-3-5-10-18/h6-8,11-14,18H,2-5,9-10,15-16H2,1H3/b23-14-. The number of ether oxygens (including phenoxy) is 3. The lowest BCUT2D eigenvalue weighted by molar-refractivity contribution is 0.0394. The van der Waals surface area contributed by atoms with Crippen LogP contribution in [-0.2, 0) is 6.54 Å². The van der Waals surface area contributed by atoms with Gasteiger partial charge in [0.1, 0.15) is 24.0 Å². The Kier molecular flexibility index (Phi) is 5.21. The van der Waals surface area contributed by atoms with Crippen molar-refractivity contribution in [3.63, 3.8) is 0 Å². The number of hydrogen-bond acceptors (Lipinski definition) is 5. The molecule has 0 bridgehead atoms. The lowest BCUT2D eigenvalue weighted by atomic mass is 9.93. The van der Waals surface area contributed by atoms with Gasteiger partial charge in [-0.05, 0) is 44.0 Å². The quantitative estimate of drug-likeness (QED) is 0.656. The molecule has 0 atom stereocenters. The average molecular weight is 405 g/mol. The molecule has 5 heteroatoms. The molecule has 2 aromatic carbocycles. The fourth-order valence-corrected chi connectivity index (χ4v) is 4.68. The number of hydrogen-bond donors (Lipinski definition) is 0. The number of ketones is 1. The summed E-state index contributed by atoms with van der Waals surface area (Å²) < 4.78 is 17.9. The monoisotopic (exact) mass is 405 g/mol. The summed E-state index contributed by atoms with van der Waals surface area (Å²) in [6, 6.07) is 12.0. The van der Waals surface area contributed by atoms with Gasteiger partial charge in [0.15, 0.2) is 5.76 Å². The maximum absolute atomic E-state index is 13.1. The van der Waals surface area contributed by atoms with Gasteiger partial charge in [0.05, 0.1) is 17.7 Å². The summed E-state index contributed by atoms with van der Waals surface area (Å²) in [7, 11) is 0. The molecule has 1 aliphatic carbocycles. The number of nitrogens with zero attached hydrogens (tertiary/aromatic N) is 1. The van der Waals surface area contributed by atoms with E-state index in [-0.39, 0.29) is 5.78 Å². The molecule has 30 heavy (non-hydrogen) atoms. The van der Waals surface area contributed by atoms with E-state index < -0.39 is 0 Å². The van der Waals surface area contributed by atoms with Crippen LogP contribution in [-0.4, -0.2) is 30.1 Å². The molecule has 156 valence electrons. The van der Waals surface area contributed by atoms with Gasteiger partial charge in [0.25, 0.3) is 0 Å². The highest BCUT2D eigenvalue weighted by atomic mass is 16.5. The number of fused-ring (bicyclic) bond motifs is 3. The van der Waals surface area contributed by atoms with Crippen molar-refractivity contribution in [2.75, 3.05) is 13.3 Å². The highest BCUT2D eigenvalue weighted by Gasteiger charge is 2.35. The van der Waals surface area contributed by atoms with Crippen LogP contribution in [0.2, 0.25) is 0 Å². The van der Waals surface area contributed by atoms with E-state index in [1.807, 2.05) is 43.3 Å². The van der Waals surface area contributed by atoms with Gasteiger partial charge in [0, 0.05) is 18.2 Å². The zero-order chi connectivity index (χ0) is 20.5. The molecule has 0 N–H and O–H groups in total. The summed E-state index contributed by atoms with van der Waals surface area (Å²) in [6.45, 7) is 3.88. The van der Waals surface area contributed by atoms with E-state index in [1.54, 1.807) is 6.08 Å². The first-order chi connectivity index (χ1) is 14.7. The molecule has 2 heterocycles. The Morgan fingerprint density at radius 2 is 1.97 bits per heavy atom. The van der Waals surface area contributed by atoms with E-state index in [9.17, 15) is 4.79 Å². The number of benzene rings is 2. The van der Waals surface area contributed by atoms with E-state index in [4.69, 9.17) is 14.2 Å². The van der Waals surface area contributed by atoms with Crippen molar-refractivity contribution >= 4 is 11.9 Å². The maximum Gasteiger partial charge on any atom is 0.231 e. The van der Waals surface area contributed by atoms with Crippen molar-refractivity contribution in [3.8, 4) is 17.2 Å². The Hall–Kier alpha value is -2.79. The normalized spacial score (nSPS) is 20.4. The van der Waals surface area contributed by atoms with Gasteiger partial charge in [-0.1, -0.05) is 37.5 Å². The number of carbonyl (C=O) groups is 1. The largest absolute Gasteiger partial charge is 0.493 e. The van der Waals surface area contributed by atoms with Gasteiger partial charge in [-0.15, -0.1) is 0 Å². The van der Waals surface area contributed by atoms with Crippen molar-refractivity contribution < 1.29 is 19.0 Å². The van der Waals surface area contributed by atoms with Crippen molar-refractivity contribution in [1.82, 2.24) is 4.90 Å². The molecule has 1 fully saturated rings. The number of Topliss-reactive ketones (excluding diaryl/α,β-unsaturated/α-hetero) is 1. The molecule has 0 radical (unpaired) electrons. The summed E-state index contributed by atoms with van der Waals surface area (Å²) in [5, 5.41) is 0. The first-order valence-electron chi connectivity index (χ1n) is 10.9. The second kappa shape index (κ2) is 8.15. The Bertz CT molecular complexity index is 991. The molecule has 0 amide bonds. The Morgan fingerprint density at radius 1 is 1.13 bits per heavy atom. The third kappa shape index (κ3) is 3.47. The molecule has 3 aliphatic rings. The first-order valence-corrected chi connectivity index (χ1v) is 10.9. The predicted molar refractivity (Wildman–Crippen MR) is 115 cm³/mol. The number of allylic oxidation sites excluding steroid dienone is 1. The number of para-hydroxylation sites is 1. The molecule has 0 aromatic heterocycles. The second-order valence-electron chi connectivity index (χ2n) is 8.14. The Morgan fingerprint density at radius 3 is 2.80 bits per heavy atom. The van der Waals surface area contributed by atoms with Crippen LogP contribution in [0.5, 0.6) is 17.2 Å². The summed E-state index contributed by atoms with van der Waals surface area (Å²) in [6.07, 6.45) is 8.10. The summed E-state index contributed by atoms with van der Waals surface area (Å²) in [5.41, 5.74) is 2.44. The third-order valence-electron chi connectivity index (χ3n) is 6.24. The van der Waals surface area contributed by atoms with Crippen LogP contribution in [0.1, 0.15) is 60.5 Å². The molecule has 2 aromatic rings. The van der Waals surface area contributed by atoms with Crippen LogP contribution < -0.4 is 14.2 Å². The van der Waals surface area contributed by atoms with Crippen LogP contribution in [0.4, 0.5) is 0 Å². The summed E-state index contributed by atoms with van der Waals surface area (Å²) in [5.74, 6) is 2.46. The van der Waals surface area contributed by atoms with Gasteiger partial charge in [-0.2, -0.15) is 0 Å². The fraction of sp³-hybridized carbons (Fsp3) is 0.400. The maximum atomic E-state index is 13.1. The van der Waals surface area contributed by atoms with Crippen molar-refractivity contribution in [2.45, 2.75) is 51.6 Å². The fourth-order valence-electron chi connectivity index (χ4n) is 4.68. The van der Waals surface area contributed by atoms with Crippen LogP contribution in [0.3, 0.4) is 0 Å². The molecule has 5 rings (SSSR count). The van der Waals surface area contributed by atoms with Crippen molar-refractivity contribution in [1.29, 1.82) is 0 Å². The average Bonchev–Trinajstić information content (AvgIpc) is 3.11. The molecular formula is C25H27NO4. The highest BCUT2D eigenvalue weighted by molar-refractivity contribution is 6.15. The van der Waals surface area contributed by atoms with Crippen molar-refractivity contribution in [2.24, 2.45) is 0 Å². The van der Waals surface area contributed by atoms with Crippen LogP contribution in [0.15, 0.2) is 42.2 Å². The van der Waals surface area contributed by atoms with Crippen LogP contribution in [0.25, 0.3) is 6.08 Å². The minimum atomic E-state index is -0.0890. The SMILES string of the molecule is CCOc1ccccc1/C=C1\Oc2c(ccc3c2CN(C2CCCCC2)CO3)C1=O. The third-order valence-corrected chi connectivity index (χ3v) is 6.24. The molecule has 0 unspecified atom stereocenters. The predicted octanol–water partition coefficient (Wildman–Crippen LogP) is 5.19. The highest BCUT2D eigenvalue weighted by Crippen LogP contribution is 2.43. The Labute approximate surface area is 177 Å². The van der Waals surface area contributed by atoms with Gasteiger partial charge in [-0.25, -0.2) is 0 Å². The zero-order valence-corrected chi connectivity index (χ0v) is 17.4. The van der Waals surface area contributed by atoms with E-state index in [0.29, 0.717) is 36.5 Å². The minimum Gasteiger partial charge on any atom is -0.493 e. The zero-order valence-electron chi connectivity index (χ0n) is 17.4. The van der Waals surface area contributed by atoms with Crippen molar-refractivity contribution in [3.05, 3.63) is 58.8 Å². The van der Waals surface area contributed by atoms with E-state index in [1.165, 1.54) is 32.1 Å². The van der Waals surface area contributed by atoms with Gasteiger partial charge >= 0.3 is 0 Å². The molecule has 0 saturated heterocycles. The summed E-state index contributed by atoms with van der Waals surface area (Å²) >= 11 is 0. The summed E-state index contributed by atoms with van der Waals surface area (Å²) in [4.78, 5) is 15.4. The molecule has 2 aliphatic heterocycles. The van der Waals surface area contributed by atoms with E-state index in [2.05, 4.69) is 4.90 Å². The van der Waals surface area contributed by atoms with Crippen LogP contribution >= 0.6 is 0 Å². The topological polar surface area (TPSA) is 48.0 Å². The second-order valence-corrected chi connectivity index (χ2v) is 8.14. The number of rotatable bonds is 4. The van der Waals surface area contributed by atoms with E-state index in [0.717, 1.165) is 29.2 Å². The first kappa shape index (κ1) is 19.2.